The molecule has 0 fully saturated rings. The number of halogens is 2. The normalized spacial score (nSPS) is 13.1. The van der Waals surface area contributed by atoms with Crippen molar-refractivity contribution in [3.05, 3.63) is 58.9 Å². The van der Waals surface area contributed by atoms with Crippen molar-refractivity contribution in [1.29, 1.82) is 0 Å². The fraction of sp³-hybridized carbons (Fsp3) is 0.0714. The molecular formula is C14H10ClFN2. The van der Waals surface area contributed by atoms with E-state index in [1.54, 1.807) is 12.1 Å². The van der Waals surface area contributed by atoms with Gasteiger partial charge < -0.3 is 5.32 Å². The number of amidine groups is 1. The number of fused-ring (bicyclic) bond motifs is 1. The van der Waals surface area contributed by atoms with Gasteiger partial charge in [0.15, 0.2) is 0 Å². The second-order valence-electron chi connectivity index (χ2n) is 4.12. The molecule has 1 aliphatic rings. The van der Waals surface area contributed by atoms with E-state index in [0.29, 0.717) is 0 Å². The monoisotopic (exact) mass is 260 g/mol. The lowest BCUT2D eigenvalue weighted by molar-refractivity contribution is 0.628. The fourth-order valence-corrected chi connectivity index (χ4v) is 2.13. The quantitative estimate of drug-likeness (QED) is 0.817. The van der Waals surface area contributed by atoms with Gasteiger partial charge in [-0.1, -0.05) is 29.8 Å². The summed E-state index contributed by atoms with van der Waals surface area (Å²) in [7, 11) is 0. The van der Waals surface area contributed by atoms with Crippen LogP contribution in [0, 0.1) is 5.82 Å². The van der Waals surface area contributed by atoms with Gasteiger partial charge >= 0.3 is 0 Å². The highest BCUT2D eigenvalue weighted by Gasteiger charge is 2.13. The zero-order valence-corrected chi connectivity index (χ0v) is 10.2. The molecule has 2 aromatic rings. The molecule has 2 nitrogen and oxygen atoms in total. The Bertz CT molecular complexity index is 637. The number of nitrogens with one attached hydrogen (secondary N) is 1. The van der Waals surface area contributed by atoms with Crippen LogP contribution < -0.4 is 5.32 Å². The van der Waals surface area contributed by atoms with Crippen LogP contribution >= 0.6 is 11.6 Å². The zero-order chi connectivity index (χ0) is 12.5. The number of hydrogen-bond donors (Lipinski definition) is 1. The van der Waals surface area contributed by atoms with Crippen LogP contribution in [-0.2, 0) is 6.42 Å². The fourth-order valence-electron chi connectivity index (χ4n) is 1.95. The summed E-state index contributed by atoms with van der Waals surface area (Å²) in [6.45, 7) is 0. The third-order valence-corrected chi connectivity index (χ3v) is 3.10. The van der Waals surface area contributed by atoms with Gasteiger partial charge in [-0.25, -0.2) is 9.38 Å². The molecule has 18 heavy (non-hydrogen) atoms. The lowest BCUT2D eigenvalue weighted by Crippen LogP contribution is -2.11. The van der Waals surface area contributed by atoms with Gasteiger partial charge in [-0.2, -0.15) is 0 Å². The highest BCUT2D eigenvalue weighted by molar-refractivity contribution is 6.31. The Morgan fingerprint density at radius 1 is 1.17 bits per heavy atom. The molecule has 0 saturated heterocycles. The minimum atomic E-state index is -0.418. The van der Waals surface area contributed by atoms with E-state index in [2.05, 4.69) is 10.3 Å². The molecule has 2 aromatic carbocycles. The lowest BCUT2D eigenvalue weighted by Gasteiger charge is -2.06. The summed E-state index contributed by atoms with van der Waals surface area (Å²) in [6, 6.07) is 12.5. The van der Waals surface area contributed by atoms with Crippen molar-refractivity contribution < 1.29 is 4.39 Å². The highest BCUT2D eigenvalue weighted by atomic mass is 35.5. The van der Waals surface area contributed by atoms with E-state index in [1.807, 2.05) is 24.3 Å². The van der Waals surface area contributed by atoms with Gasteiger partial charge in [0.25, 0.3) is 0 Å². The smallest absolute Gasteiger partial charge is 0.141 e. The van der Waals surface area contributed by atoms with Crippen LogP contribution in [-0.4, -0.2) is 5.84 Å². The van der Waals surface area contributed by atoms with E-state index < -0.39 is 5.82 Å². The van der Waals surface area contributed by atoms with Gasteiger partial charge in [0.1, 0.15) is 11.7 Å². The van der Waals surface area contributed by atoms with Crippen LogP contribution in [0.4, 0.5) is 15.8 Å². The maximum absolute atomic E-state index is 13.0. The van der Waals surface area contributed by atoms with Crippen molar-refractivity contribution in [3.63, 3.8) is 0 Å². The standard InChI is InChI=1S/C14H10ClFN2/c15-11-8-10(5-6-12(11)16)17-14-7-9-3-1-2-4-13(9)18-14/h1-6,8H,7H2,(H,17,18). The van der Waals surface area contributed by atoms with Crippen LogP contribution in [0.5, 0.6) is 0 Å². The number of aliphatic imine (C=N–C) groups is 1. The molecule has 0 aromatic heterocycles. The Kier molecular flexibility index (Phi) is 2.76. The zero-order valence-electron chi connectivity index (χ0n) is 9.45. The molecule has 0 amide bonds. The molecule has 0 radical (unpaired) electrons. The number of anilines is 1. The van der Waals surface area contributed by atoms with Crippen molar-refractivity contribution in [1.82, 2.24) is 0 Å². The molecule has 1 heterocycles. The van der Waals surface area contributed by atoms with Crippen LogP contribution in [0.25, 0.3) is 0 Å². The summed E-state index contributed by atoms with van der Waals surface area (Å²) in [6.07, 6.45) is 0.755. The maximum Gasteiger partial charge on any atom is 0.141 e. The van der Waals surface area contributed by atoms with Crippen molar-refractivity contribution in [2.45, 2.75) is 6.42 Å². The Hall–Kier alpha value is -1.87. The predicted molar refractivity (Wildman–Crippen MR) is 72.3 cm³/mol. The summed E-state index contributed by atoms with van der Waals surface area (Å²) in [5.41, 5.74) is 2.91. The first kappa shape index (κ1) is 11.2. The Morgan fingerprint density at radius 3 is 2.78 bits per heavy atom. The lowest BCUT2D eigenvalue weighted by atomic mass is 10.1. The van der Waals surface area contributed by atoms with Gasteiger partial charge in [0.2, 0.25) is 0 Å². The molecule has 0 spiro atoms. The van der Waals surface area contributed by atoms with Crippen LogP contribution in [0.3, 0.4) is 0 Å². The van der Waals surface area contributed by atoms with Crippen molar-refractivity contribution in [2.75, 3.05) is 5.32 Å². The topological polar surface area (TPSA) is 24.4 Å². The molecule has 4 heteroatoms. The van der Waals surface area contributed by atoms with Gasteiger partial charge in [-0.3, -0.25) is 0 Å². The number of para-hydroxylation sites is 1. The second kappa shape index (κ2) is 4.42. The summed E-state index contributed by atoms with van der Waals surface area (Å²) in [5.74, 6) is 0.428. The minimum Gasteiger partial charge on any atom is -0.343 e. The summed E-state index contributed by atoms with van der Waals surface area (Å²) >= 11 is 5.73. The van der Waals surface area contributed by atoms with E-state index >= 15 is 0 Å². The minimum absolute atomic E-state index is 0.108. The molecule has 1 aliphatic heterocycles. The molecule has 0 bridgehead atoms. The summed E-state index contributed by atoms with van der Waals surface area (Å²) < 4.78 is 13.0. The van der Waals surface area contributed by atoms with Crippen LogP contribution in [0.15, 0.2) is 47.5 Å². The van der Waals surface area contributed by atoms with E-state index in [1.165, 1.54) is 11.6 Å². The summed E-state index contributed by atoms with van der Waals surface area (Å²) in [5, 5.41) is 3.26. The maximum atomic E-state index is 13.0. The highest BCUT2D eigenvalue weighted by Crippen LogP contribution is 2.27. The van der Waals surface area contributed by atoms with E-state index in [-0.39, 0.29) is 5.02 Å². The number of nitrogens with zero attached hydrogens (tertiary/aromatic N) is 1. The predicted octanol–water partition coefficient (Wildman–Crippen LogP) is 4.18. The van der Waals surface area contributed by atoms with Gasteiger partial charge in [-0.15, -0.1) is 0 Å². The van der Waals surface area contributed by atoms with Crippen LogP contribution in [0.2, 0.25) is 5.02 Å². The Labute approximate surface area is 109 Å². The Balaban J connectivity index is 1.81. The van der Waals surface area contributed by atoms with Crippen molar-refractivity contribution in [3.8, 4) is 0 Å². The van der Waals surface area contributed by atoms with Crippen molar-refractivity contribution in [2.24, 2.45) is 4.99 Å². The molecule has 0 unspecified atom stereocenters. The molecule has 90 valence electrons. The number of hydrogen-bond acceptors (Lipinski definition) is 2. The third kappa shape index (κ3) is 2.09. The van der Waals surface area contributed by atoms with E-state index in [0.717, 1.165) is 23.6 Å². The molecular weight excluding hydrogens is 251 g/mol. The number of benzene rings is 2. The molecule has 0 aliphatic carbocycles. The first-order chi connectivity index (χ1) is 8.72. The molecule has 0 saturated carbocycles. The van der Waals surface area contributed by atoms with Gasteiger partial charge in [0, 0.05) is 12.1 Å². The van der Waals surface area contributed by atoms with Gasteiger partial charge in [-0.05, 0) is 29.8 Å². The van der Waals surface area contributed by atoms with E-state index in [9.17, 15) is 4.39 Å². The van der Waals surface area contributed by atoms with Crippen LogP contribution in [0.1, 0.15) is 5.56 Å². The Morgan fingerprint density at radius 2 is 2.00 bits per heavy atom. The second-order valence-corrected chi connectivity index (χ2v) is 4.53. The number of rotatable bonds is 1. The van der Waals surface area contributed by atoms with Crippen molar-refractivity contribution >= 4 is 28.8 Å². The summed E-state index contributed by atoms with van der Waals surface area (Å²) in [4.78, 5) is 4.47. The molecule has 1 N–H and O–H groups in total. The molecule has 0 atom stereocenters. The SMILES string of the molecule is Fc1ccc(NC2=Nc3ccccc3C2)cc1Cl. The third-order valence-electron chi connectivity index (χ3n) is 2.81. The largest absolute Gasteiger partial charge is 0.343 e. The van der Waals surface area contributed by atoms with E-state index in [4.69, 9.17) is 11.6 Å². The first-order valence-electron chi connectivity index (χ1n) is 5.60. The molecule has 3 rings (SSSR count). The van der Waals surface area contributed by atoms with Gasteiger partial charge in [0.05, 0.1) is 10.7 Å². The average molecular weight is 261 g/mol. The first-order valence-corrected chi connectivity index (χ1v) is 5.98. The average Bonchev–Trinajstić information content (AvgIpc) is 2.76.